The molecule has 0 radical (unpaired) electrons. The van der Waals surface area contributed by atoms with E-state index in [0.717, 1.165) is 0 Å². The Morgan fingerprint density at radius 3 is 2.52 bits per heavy atom. The third kappa shape index (κ3) is 4.64. The summed E-state index contributed by atoms with van der Waals surface area (Å²) in [6.07, 6.45) is 0. The first-order chi connectivity index (χ1) is 11.8. The summed E-state index contributed by atoms with van der Waals surface area (Å²) in [7, 11) is 0. The Balaban J connectivity index is 2.17. The number of carbonyl (C=O) groups excluding carboxylic acids is 3. The van der Waals surface area contributed by atoms with Crippen molar-refractivity contribution in [2.24, 2.45) is 0 Å². The molecule has 1 aliphatic rings. The van der Waals surface area contributed by atoms with Crippen LogP contribution in [0.4, 0.5) is 4.79 Å². The van der Waals surface area contributed by atoms with Crippen LogP contribution in [0.5, 0.6) is 0 Å². The van der Waals surface area contributed by atoms with Crippen LogP contribution in [-0.2, 0) is 14.3 Å². The van der Waals surface area contributed by atoms with Gasteiger partial charge in [-0.3, -0.25) is 0 Å². The third-order valence-corrected chi connectivity index (χ3v) is 4.11. The number of halogens is 2. The van der Waals surface area contributed by atoms with Gasteiger partial charge in [0, 0.05) is 0 Å². The average Bonchev–Trinajstić information content (AvgIpc) is 2.54. The van der Waals surface area contributed by atoms with Gasteiger partial charge in [0.05, 0.1) is 39.5 Å². The molecule has 2 N–H and O–H groups in total. The van der Waals surface area contributed by atoms with Crippen molar-refractivity contribution in [2.45, 2.75) is 19.9 Å². The largest absolute Gasteiger partial charge is 0.463 e. The van der Waals surface area contributed by atoms with Crippen LogP contribution >= 0.6 is 23.2 Å². The van der Waals surface area contributed by atoms with Gasteiger partial charge in [0.15, 0.2) is 0 Å². The molecular formula is C16H16Cl2N2O5. The molecule has 1 atom stereocenters. The van der Waals surface area contributed by atoms with Crippen molar-refractivity contribution in [3.05, 3.63) is 45.1 Å². The maximum Gasteiger partial charge on any atom is 0.338 e. The molecule has 1 heterocycles. The van der Waals surface area contributed by atoms with Gasteiger partial charge in [0.2, 0.25) is 0 Å². The second-order valence-electron chi connectivity index (χ2n) is 5.14. The predicted molar refractivity (Wildman–Crippen MR) is 91.5 cm³/mol. The first-order valence-electron chi connectivity index (χ1n) is 7.43. The number of benzene rings is 1. The molecule has 7 nitrogen and oxygen atoms in total. The fourth-order valence-corrected chi connectivity index (χ4v) is 2.54. The SMILES string of the molecule is CCOC(=O)C1=C(COC(=O)c2ccc(Cl)c(Cl)c2)NC(=O)N[C@H]1C. The molecule has 2 amide bonds. The molecule has 0 fully saturated rings. The second-order valence-corrected chi connectivity index (χ2v) is 5.95. The summed E-state index contributed by atoms with van der Waals surface area (Å²) in [5, 5.41) is 5.54. The minimum atomic E-state index is -0.672. The molecule has 1 aromatic rings. The van der Waals surface area contributed by atoms with Gasteiger partial charge < -0.3 is 20.1 Å². The summed E-state index contributed by atoms with van der Waals surface area (Å²) in [6.45, 7) is 3.18. The average molecular weight is 387 g/mol. The zero-order valence-electron chi connectivity index (χ0n) is 13.5. The van der Waals surface area contributed by atoms with Crippen LogP contribution < -0.4 is 10.6 Å². The van der Waals surface area contributed by atoms with Gasteiger partial charge in [0.1, 0.15) is 6.61 Å². The summed E-state index contributed by atoms with van der Waals surface area (Å²) < 4.78 is 10.1. The second kappa shape index (κ2) is 8.22. The van der Waals surface area contributed by atoms with Crippen molar-refractivity contribution in [1.29, 1.82) is 0 Å². The minimum absolute atomic E-state index is 0.170. The Bertz CT molecular complexity index is 748. The van der Waals surface area contributed by atoms with Gasteiger partial charge in [-0.15, -0.1) is 0 Å². The molecule has 0 aromatic heterocycles. The lowest BCUT2D eigenvalue weighted by Gasteiger charge is -2.26. The Morgan fingerprint density at radius 1 is 1.16 bits per heavy atom. The quantitative estimate of drug-likeness (QED) is 0.758. The fourth-order valence-electron chi connectivity index (χ4n) is 2.24. The molecule has 1 aliphatic heterocycles. The van der Waals surface area contributed by atoms with Crippen LogP contribution in [0.15, 0.2) is 29.5 Å². The van der Waals surface area contributed by atoms with Crippen LogP contribution in [-0.4, -0.2) is 37.2 Å². The summed E-state index contributed by atoms with van der Waals surface area (Å²) in [6, 6.07) is 3.22. The Labute approximate surface area is 154 Å². The number of carbonyl (C=O) groups is 3. The fraction of sp³-hybridized carbons (Fsp3) is 0.312. The van der Waals surface area contributed by atoms with Gasteiger partial charge in [-0.05, 0) is 32.0 Å². The number of esters is 2. The minimum Gasteiger partial charge on any atom is -0.463 e. The summed E-state index contributed by atoms with van der Waals surface area (Å²) in [5.41, 5.74) is 0.562. The number of hydrogen-bond acceptors (Lipinski definition) is 5. The van der Waals surface area contributed by atoms with Crippen molar-refractivity contribution < 1.29 is 23.9 Å². The number of rotatable bonds is 5. The van der Waals surface area contributed by atoms with Gasteiger partial charge >= 0.3 is 18.0 Å². The van der Waals surface area contributed by atoms with Crippen LogP contribution in [0.25, 0.3) is 0 Å². The Morgan fingerprint density at radius 2 is 1.88 bits per heavy atom. The lowest BCUT2D eigenvalue weighted by atomic mass is 10.0. The van der Waals surface area contributed by atoms with E-state index in [1.165, 1.54) is 18.2 Å². The zero-order chi connectivity index (χ0) is 18.6. The standard InChI is InChI=1S/C16H16Cl2N2O5/c1-3-24-15(22)13-8(2)19-16(23)20-12(13)7-25-14(21)9-4-5-10(17)11(18)6-9/h4-6,8H,3,7H2,1-2H3,(H2,19,20,23)/t8-/m0/s1. The zero-order valence-corrected chi connectivity index (χ0v) is 15.0. The monoisotopic (exact) mass is 386 g/mol. The molecular weight excluding hydrogens is 371 g/mol. The summed E-state index contributed by atoms with van der Waals surface area (Å²) in [5.74, 6) is -1.27. The molecule has 1 aromatic carbocycles. The van der Waals surface area contributed by atoms with Crippen molar-refractivity contribution in [2.75, 3.05) is 13.2 Å². The van der Waals surface area contributed by atoms with Crippen LogP contribution in [0.1, 0.15) is 24.2 Å². The van der Waals surface area contributed by atoms with E-state index in [4.69, 9.17) is 32.7 Å². The highest BCUT2D eigenvalue weighted by atomic mass is 35.5. The van der Waals surface area contributed by atoms with Gasteiger partial charge in [-0.25, -0.2) is 14.4 Å². The number of ether oxygens (including phenoxy) is 2. The Kier molecular flexibility index (Phi) is 6.27. The molecule has 0 aliphatic carbocycles. The lowest BCUT2D eigenvalue weighted by molar-refractivity contribution is -0.139. The normalized spacial score (nSPS) is 16.8. The van der Waals surface area contributed by atoms with Gasteiger partial charge in [0.25, 0.3) is 0 Å². The van der Waals surface area contributed by atoms with Crippen molar-refractivity contribution in [1.82, 2.24) is 10.6 Å². The molecule has 9 heteroatoms. The lowest BCUT2D eigenvalue weighted by Crippen LogP contribution is -2.50. The molecule has 2 rings (SSSR count). The Hall–Kier alpha value is -2.25. The smallest absolute Gasteiger partial charge is 0.338 e. The number of hydrogen-bond donors (Lipinski definition) is 2. The van der Waals surface area contributed by atoms with Crippen molar-refractivity contribution >= 4 is 41.2 Å². The van der Waals surface area contributed by atoms with E-state index in [1.54, 1.807) is 13.8 Å². The summed E-state index contributed by atoms with van der Waals surface area (Å²) in [4.78, 5) is 35.8. The molecule has 0 saturated heterocycles. The van der Waals surface area contributed by atoms with Crippen molar-refractivity contribution in [3.63, 3.8) is 0 Å². The maximum atomic E-state index is 12.1. The first-order valence-corrected chi connectivity index (χ1v) is 8.19. The number of urea groups is 1. The van der Waals surface area contributed by atoms with E-state index < -0.39 is 24.0 Å². The molecule has 0 bridgehead atoms. The van der Waals surface area contributed by atoms with Gasteiger partial charge in [-0.2, -0.15) is 0 Å². The molecule has 0 saturated carbocycles. The maximum absolute atomic E-state index is 12.1. The topological polar surface area (TPSA) is 93.7 Å². The molecule has 0 unspecified atom stereocenters. The highest BCUT2D eigenvalue weighted by Gasteiger charge is 2.30. The van der Waals surface area contributed by atoms with Crippen molar-refractivity contribution in [3.8, 4) is 0 Å². The summed E-state index contributed by atoms with van der Waals surface area (Å²) >= 11 is 11.7. The first kappa shape index (κ1) is 19.1. The van der Waals surface area contributed by atoms with E-state index in [-0.39, 0.29) is 35.1 Å². The number of amides is 2. The van der Waals surface area contributed by atoms with E-state index in [0.29, 0.717) is 5.02 Å². The van der Waals surface area contributed by atoms with E-state index in [9.17, 15) is 14.4 Å². The highest BCUT2D eigenvalue weighted by Crippen LogP contribution is 2.23. The van der Waals surface area contributed by atoms with Crippen LogP contribution in [0.3, 0.4) is 0 Å². The predicted octanol–water partition coefficient (Wildman–Crippen LogP) is 2.67. The molecule has 134 valence electrons. The van der Waals surface area contributed by atoms with E-state index in [1.807, 2.05) is 0 Å². The van der Waals surface area contributed by atoms with E-state index in [2.05, 4.69) is 10.6 Å². The van der Waals surface area contributed by atoms with E-state index >= 15 is 0 Å². The third-order valence-electron chi connectivity index (χ3n) is 3.37. The molecule has 25 heavy (non-hydrogen) atoms. The van der Waals surface area contributed by atoms with Crippen LogP contribution in [0, 0.1) is 0 Å². The van der Waals surface area contributed by atoms with Crippen LogP contribution in [0.2, 0.25) is 10.0 Å². The highest BCUT2D eigenvalue weighted by molar-refractivity contribution is 6.42. The van der Waals surface area contributed by atoms with Gasteiger partial charge in [-0.1, -0.05) is 23.2 Å². The molecule has 0 spiro atoms. The number of nitrogens with one attached hydrogen (secondary N) is 2.